The third-order valence-corrected chi connectivity index (χ3v) is 4.64. The van der Waals surface area contributed by atoms with Gasteiger partial charge < -0.3 is 5.11 Å². The Morgan fingerprint density at radius 2 is 1.96 bits per heavy atom. The highest BCUT2D eigenvalue weighted by molar-refractivity contribution is 6.30. The summed E-state index contributed by atoms with van der Waals surface area (Å²) < 4.78 is 2.06. The number of aryl methyl sites for hydroxylation is 1. The van der Waals surface area contributed by atoms with Crippen molar-refractivity contribution in [1.29, 1.82) is 0 Å². The van der Waals surface area contributed by atoms with Crippen molar-refractivity contribution >= 4 is 17.6 Å². The fraction of sp³-hybridized carbons (Fsp3) is 0.444. The lowest BCUT2D eigenvalue weighted by Gasteiger charge is -2.05. The number of fused-ring (bicyclic) bond motifs is 1. The van der Waals surface area contributed by atoms with Crippen LogP contribution in [0.5, 0.6) is 0 Å². The highest BCUT2D eigenvalue weighted by Gasteiger charge is 2.22. The molecule has 0 radical (unpaired) electrons. The molecule has 0 fully saturated rings. The molecule has 1 heterocycles. The monoisotopic (exact) mass is 332 g/mol. The molecule has 3 rings (SSSR count). The number of carboxylic acid groups (broad SMARTS) is 1. The van der Waals surface area contributed by atoms with Crippen molar-refractivity contribution in [3.63, 3.8) is 0 Å². The van der Waals surface area contributed by atoms with Gasteiger partial charge in [0.1, 0.15) is 0 Å². The molecule has 1 N–H and O–H groups in total. The molecule has 0 bridgehead atoms. The van der Waals surface area contributed by atoms with Crippen LogP contribution in [0.3, 0.4) is 0 Å². The van der Waals surface area contributed by atoms with Crippen LogP contribution in [-0.4, -0.2) is 20.9 Å². The van der Waals surface area contributed by atoms with Gasteiger partial charge in [-0.05, 0) is 68.4 Å². The van der Waals surface area contributed by atoms with Gasteiger partial charge in [-0.1, -0.05) is 18.0 Å². The predicted molar refractivity (Wildman–Crippen MR) is 90.4 cm³/mol. The van der Waals surface area contributed by atoms with E-state index in [9.17, 15) is 4.79 Å². The molecule has 0 aliphatic heterocycles. The first-order valence-electron chi connectivity index (χ1n) is 8.22. The number of hydrogen-bond acceptors (Lipinski definition) is 2. The number of hydrogen-bond donors (Lipinski definition) is 1. The minimum absolute atomic E-state index is 0.261. The van der Waals surface area contributed by atoms with Gasteiger partial charge in [0.25, 0.3) is 0 Å². The normalized spacial score (nSPS) is 13.3. The van der Waals surface area contributed by atoms with E-state index in [-0.39, 0.29) is 6.42 Å². The topological polar surface area (TPSA) is 55.1 Å². The van der Waals surface area contributed by atoms with E-state index in [1.165, 1.54) is 23.4 Å². The molecule has 0 unspecified atom stereocenters. The molecule has 5 heteroatoms. The predicted octanol–water partition coefficient (Wildman–Crippen LogP) is 4.20. The second-order valence-corrected chi connectivity index (χ2v) is 6.50. The molecule has 0 saturated heterocycles. The van der Waals surface area contributed by atoms with E-state index in [2.05, 4.69) is 4.68 Å². The summed E-state index contributed by atoms with van der Waals surface area (Å²) >= 11 is 5.97. The Morgan fingerprint density at radius 3 is 2.70 bits per heavy atom. The van der Waals surface area contributed by atoms with Crippen LogP contribution in [0, 0.1) is 0 Å². The molecule has 1 aromatic carbocycles. The van der Waals surface area contributed by atoms with Crippen molar-refractivity contribution in [3.8, 4) is 5.69 Å². The largest absolute Gasteiger partial charge is 0.481 e. The standard InChI is InChI=1S/C18H21ClN2O2/c19-13-9-11-14(12-10-13)21-17-7-4-5-15(17)16(20-21)6-2-1-3-8-18(22)23/h9-12H,1-8H2,(H,22,23). The maximum Gasteiger partial charge on any atom is 0.303 e. The van der Waals surface area contributed by atoms with Crippen LogP contribution in [0.15, 0.2) is 24.3 Å². The number of aliphatic carboxylic acids is 1. The lowest BCUT2D eigenvalue weighted by Crippen LogP contribution is -2.01. The number of aromatic nitrogens is 2. The molecule has 1 aliphatic carbocycles. The number of carbonyl (C=O) groups is 1. The van der Waals surface area contributed by atoms with Crippen LogP contribution >= 0.6 is 11.6 Å². The number of carboxylic acids is 1. The van der Waals surface area contributed by atoms with Crippen LogP contribution in [0.2, 0.25) is 5.02 Å². The molecule has 0 spiro atoms. The average molecular weight is 333 g/mol. The first kappa shape index (κ1) is 16.1. The zero-order chi connectivity index (χ0) is 16.2. The van der Waals surface area contributed by atoms with Gasteiger partial charge in [0.15, 0.2) is 0 Å². The Kier molecular flexibility index (Phi) is 5.01. The molecule has 1 aliphatic rings. The number of benzene rings is 1. The summed E-state index contributed by atoms with van der Waals surface area (Å²) in [6.45, 7) is 0. The van der Waals surface area contributed by atoms with Crippen molar-refractivity contribution < 1.29 is 9.90 Å². The van der Waals surface area contributed by atoms with Crippen LogP contribution in [-0.2, 0) is 24.1 Å². The minimum atomic E-state index is -0.710. The van der Waals surface area contributed by atoms with Crippen LogP contribution in [0.25, 0.3) is 5.69 Å². The maximum atomic E-state index is 10.5. The third-order valence-electron chi connectivity index (χ3n) is 4.39. The summed E-state index contributed by atoms with van der Waals surface area (Å²) in [5.41, 5.74) is 4.97. The van der Waals surface area contributed by atoms with E-state index in [1.807, 2.05) is 24.3 Å². The Bertz CT molecular complexity index is 692. The van der Waals surface area contributed by atoms with E-state index >= 15 is 0 Å². The number of unbranched alkanes of at least 4 members (excludes halogenated alkanes) is 2. The molecular weight excluding hydrogens is 312 g/mol. The van der Waals surface area contributed by atoms with Crippen molar-refractivity contribution in [3.05, 3.63) is 46.2 Å². The SMILES string of the molecule is O=C(O)CCCCCc1nn(-c2ccc(Cl)cc2)c2c1CCC2. The molecule has 1 aromatic heterocycles. The quantitative estimate of drug-likeness (QED) is 0.773. The number of nitrogens with zero attached hydrogens (tertiary/aromatic N) is 2. The first-order chi connectivity index (χ1) is 11.1. The van der Waals surface area contributed by atoms with Gasteiger partial charge in [0, 0.05) is 17.1 Å². The zero-order valence-electron chi connectivity index (χ0n) is 13.1. The van der Waals surface area contributed by atoms with Crippen molar-refractivity contribution in [2.24, 2.45) is 0 Å². The van der Waals surface area contributed by atoms with E-state index in [1.54, 1.807) is 0 Å². The fourth-order valence-corrected chi connectivity index (χ4v) is 3.38. The van der Waals surface area contributed by atoms with Gasteiger partial charge in [0.2, 0.25) is 0 Å². The summed E-state index contributed by atoms with van der Waals surface area (Å²) in [5, 5.41) is 14.2. The summed E-state index contributed by atoms with van der Waals surface area (Å²) in [5.74, 6) is -0.710. The lowest BCUT2D eigenvalue weighted by atomic mass is 10.1. The van der Waals surface area contributed by atoms with Crippen molar-refractivity contribution in [2.75, 3.05) is 0 Å². The summed E-state index contributed by atoms with van der Waals surface area (Å²) in [6, 6.07) is 7.80. The van der Waals surface area contributed by atoms with E-state index in [0.29, 0.717) is 0 Å². The Hall–Kier alpha value is -1.81. The molecule has 2 aromatic rings. The zero-order valence-corrected chi connectivity index (χ0v) is 13.9. The molecule has 0 saturated carbocycles. The average Bonchev–Trinajstić information content (AvgIpc) is 3.11. The van der Waals surface area contributed by atoms with Gasteiger partial charge in [-0.2, -0.15) is 5.10 Å². The smallest absolute Gasteiger partial charge is 0.303 e. The first-order valence-corrected chi connectivity index (χ1v) is 8.60. The second-order valence-electron chi connectivity index (χ2n) is 6.07. The van der Waals surface area contributed by atoms with Crippen LogP contribution < -0.4 is 0 Å². The molecular formula is C18H21ClN2O2. The van der Waals surface area contributed by atoms with Crippen LogP contribution in [0.4, 0.5) is 0 Å². The highest BCUT2D eigenvalue weighted by Crippen LogP contribution is 2.29. The third kappa shape index (κ3) is 3.75. The van der Waals surface area contributed by atoms with E-state index in [4.69, 9.17) is 21.8 Å². The van der Waals surface area contributed by atoms with Gasteiger partial charge in [-0.25, -0.2) is 4.68 Å². The van der Waals surface area contributed by atoms with Gasteiger partial charge in [0.05, 0.1) is 11.4 Å². The molecule has 23 heavy (non-hydrogen) atoms. The van der Waals surface area contributed by atoms with E-state index < -0.39 is 5.97 Å². The second kappa shape index (κ2) is 7.18. The molecule has 122 valence electrons. The Balaban J connectivity index is 1.71. The number of halogens is 1. The van der Waals surface area contributed by atoms with Gasteiger partial charge >= 0.3 is 5.97 Å². The summed E-state index contributed by atoms with van der Waals surface area (Å²) in [6.07, 6.45) is 7.24. The molecule has 0 atom stereocenters. The van der Waals surface area contributed by atoms with E-state index in [0.717, 1.165) is 49.2 Å². The lowest BCUT2D eigenvalue weighted by molar-refractivity contribution is -0.137. The fourth-order valence-electron chi connectivity index (χ4n) is 3.26. The summed E-state index contributed by atoms with van der Waals surface area (Å²) in [4.78, 5) is 10.5. The van der Waals surface area contributed by atoms with Gasteiger partial charge in [-0.15, -0.1) is 0 Å². The highest BCUT2D eigenvalue weighted by atomic mass is 35.5. The summed E-state index contributed by atoms with van der Waals surface area (Å²) in [7, 11) is 0. The molecule has 4 nitrogen and oxygen atoms in total. The molecule has 0 amide bonds. The van der Waals surface area contributed by atoms with Gasteiger partial charge in [-0.3, -0.25) is 4.79 Å². The Morgan fingerprint density at radius 1 is 1.17 bits per heavy atom. The van der Waals surface area contributed by atoms with Crippen molar-refractivity contribution in [2.45, 2.75) is 51.4 Å². The maximum absolute atomic E-state index is 10.5. The Labute approximate surface area is 141 Å². The minimum Gasteiger partial charge on any atom is -0.481 e. The number of rotatable bonds is 7. The van der Waals surface area contributed by atoms with Crippen LogP contribution in [0.1, 0.15) is 49.1 Å². The van der Waals surface area contributed by atoms with Crippen molar-refractivity contribution in [1.82, 2.24) is 9.78 Å².